The summed E-state index contributed by atoms with van der Waals surface area (Å²) in [5.41, 5.74) is 1.26. The van der Waals surface area contributed by atoms with E-state index in [1.807, 2.05) is 11.0 Å². The molecular formula is C17H25N3O. The normalized spacial score (nSPS) is 23.6. The number of hydrogen-bond acceptors (Lipinski definition) is 3. The van der Waals surface area contributed by atoms with E-state index in [9.17, 15) is 4.79 Å². The lowest BCUT2D eigenvalue weighted by Gasteiger charge is -2.36. The summed E-state index contributed by atoms with van der Waals surface area (Å²) in [6.07, 6.45) is 3.10. The molecule has 0 bridgehead atoms. The van der Waals surface area contributed by atoms with Gasteiger partial charge in [-0.3, -0.25) is 4.79 Å². The fourth-order valence-electron chi connectivity index (χ4n) is 3.42. The smallest absolute Gasteiger partial charge is 0.224 e. The van der Waals surface area contributed by atoms with Gasteiger partial charge in [-0.15, -0.1) is 0 Å². The Balaban J connectivity index is 1.50. The summed E-state index contributed by atoms with van der Waals surface area (Å²) >= 11 is 0. The van der Waals surface area contributed by atoms with Crippen LogP contribution in [0.5, 0.6) is 0 Å². The number of rotatable bonds is 3. The van der Waals surface area contributed by atoms with Gasteiger partial charge in [0.05, 0.1) is 0 Å². The van der Waals surface area contributed by atoms with Crippen LogP contribution in [0, 0.1) is 0 Å². The van der Waals surface area contributed by atoms with Crippen LogP contribution in [0.2, 0.25) is 0 Å². The first kappa shape index (κ1) is 14.4. The second kappa shape index (κ2) is 6.48. The molecule has 2 aliphatic rings. The highest BCUT2D eigenvalue weighted by molar-refractivity contribution is 5.77. The Kier molecular flexibility index (Phi) is 4.44. The van der Waals surface area contributed by atoms with E-state index >= 15 is 0 Å². The summed E-state index contributed by atoms with van der Waals surface area (Å²) in [5.74, 6) is 0.335. The number of piperazine rings is 1. The van der Waals surface area contributed by atoms with Crippen LogP contribution in [0.4, 0.5) is 5.69 Å². The number of likely N-dealkylation sites (tertiary alicyclic amines) is 1. The molecule has 0 saturated carbocycles. The lowest BCUT2D eigenvalue weighted by atomic mass is 10.1. The molecule has 2 fully saturated rings. The molecule has 1 atom stereocenters. The van der Waals surface area contributed by atoms with Gasteiger partial charge < -0.3 is 14.7 Å². The van der Waals surface area contributed by atoms with Gasteiger partial charge in [0, 0.05) is 44.3 Å². The molecule has 0 aromatic heterocycles. The van der Waals surface area contributed by atoms with Crippen molar-refractivity contribution in [2.75, 3.05) is 44.7 Å². The number of amides is 1. The molecule has 21 heavy (non-hydrogen) atoms. The predicted molar refractivity (Wildman–Crippen MR) is 85.5 cm³/mol. The van der Waals surface area contributed by atoms with Crippen molar-refractivity contribution < 1.29 is 4.79 Å². The molecule has 2 aliphatic heterocycles. The van der Waals surface area contributed by atoms with Crippen LogP contribution in [0.25, 0.3) is 0 Å². The molecule has 2 saturated heterocycles. The zero-order valence-electron chi connectivity index (χ0n) is 12.9. The van der Waals surface area contributed by atoms with E-state index in [0.29, 0.717) is 18.4 Å². The topological polar surface area (TPSA) is 26.8 Å². The summed E-state index contributed by atoms with van der Waals surface area (Å²) in [6.45, 7) is 4.72. The van der Waals surface area contributed by atoms with Gasteiger partial charge in [0.25, 0.3) is 0 Å². The van der Waals surface area contributed by atoms with Gasteiger partial charge in [-0.05, 0) is 38.6 Å². The van der Waals surface area contributed by atoms with Crippen molar-refractivity contribution in [2.45, 2.75) is 25.3 Å². The first-order valence-electron chi connectivity index (χ1n) is 8.02. The average Bonchev–Trinajstić information content (AvgIpc) is 2.93. The zero-order valence-corrected chi connectivity index (χ0v) is 12.9. The number of hydrogen-bond donors (Lipinski definition) is 0. The van der Waals surface area contributed by atoms with Crippen molar-refractivity contribution in [3.8, 4) is 0 Å². The van der Waals surface area contributed by atoms with Gasteiger partial charge in [-0.25, -0.2) is 0 Å². The first-order chi connectivity index (χ1) is 10.2. The maximum absolute atomic E-state index is 12.4. The number of anilines is 1. The predicted octanol–water partition coefficient (Wildman–Crippen LogP) is 1.82. The van der Waals surface area contributed by atoms with Crippen LogP contribution in [0.3, 0.4) is 0 Å². The molecular weight excluding hydrogens is 262 g/mol. The summed E-state index contributed by atoms with van der Waals surface area (Å²) in [4.78, 5) is 19.2. The zero-order chi connectivity index (χ0) is 14.7. The minimum Gasteiger partial charge on any atom is -0.368 e. The molecule has 0 N–H and O–H groups in total. The van der Waals surface area contributed by atoms with Gasteiger partial charge in [0.15, 0.2) is 0 Å². The van der Waals surface area contributed by atoms with Crippen molar-refractivity contribution in [1.29, 1.82) is 0 Å². The largest absolute Gasteiger partial charge is 0.368 e. The molecule has 0 spiro atoms. The Morgan fingerprint density at radius 1 is 1.10 bits per heavy atom. The van der Waals surface area contributed by atoms with Gasteiger partial charge in [0.2, 0.25) is 5.91 Å². The molecule has 3 rings (SSSR count). The molecule has 1 amide bonds. The van der Waals surface area contributed by atoms with E-state index in [-0.39, 0.29) is 0 Å². The summed E-state index contributed by atoms with van der Waals surface area (Å²) in [6, 6.07) is 10.9. The second-order valence-electron chi connectivity index (χ2n) is 6.18. The Morgan fingerprint density at radius 2 is 1.81 bits per heavy atom. The van der Waals surface area contributed by atoms with E-state index in [4.69, 9.17) is 0 Å². The lowest BCUT2D eigenvalue weighted by molar-refractivity contribution is -0.132. The highest BCUT2D eigenvalue weighted by atomic mass is 16.2. The van der Waals surface area contributed by atoms with Crippen LogP contribution in [0.15, 0.2) is 30.3 Å². The van der Waals surface area contributed by atoms with Crippen LogP contribution >= 0.6 is 0 Å². The van der Waals surface area contributed by atoms with Crippen LogP contribution in [-0.2, 0) is 4.79 Å². The van der Waals surface area contributed by atoms with Gasteiger partial charge >= 0.3 is 0 Å². The minimum absolute atomic E-state index is 0.335. The molecule has 4 nitrogen and oxygen atoms in total. The van der Waals surface area contributed by atoms with Crippen molar-refractivity contribution in [1.82, 2.24) is 9.80 Å². The number of carbonyl (C=O) groups is 1. The maximum Gasteiger partial charge on any atom is 0.224 e. The summed E-state index contributed by atoms with van der Waals surface area (Å²) in [5, 5.41) is 0. The van der Waals surface area contributed by atoms with Crippen molar-refractivity contribution >= 4 is 11.6 Å². The van der Waals surface area contributed by atoms with Gasteiger partial charge in [-0.2, -0.15) is 0 Å². The standard InChI is InChI=1S/C17H25N3O/c1-18-9-5-8-16(18)14-17(21)20-12-10-19(11-13-20)15-6-3-2-4-7-15/h2-4,6-7,16H,5,8-14H2,1H3. The summed E-state index contributed by atoms with van der Waals surface area (Å²) < 4.78 is 0. The van der Waals surface area contributed by atoms with Gasteiger partial charge in [-0.1, -0.05) is 18.2 Å². The quantitative estimate of drug-likeness (QED) is 0.848. The third-order valence-corrected chi connectivity index (χ3v) is 4.84. The Hall–Kier alpha value is -1.55. The molecule has 1 aromatic rings. The fraction of sp³-hybridized carbons (Fsp3) is 0.588. The van der Waals surface area contributed by atoms with E-state index < -0.39 is 0 Å². The van der Waals surface area contributed by atoms with Crippen molar-refractivity contribution in [3.05, 3.63) is 30.3 Å². The lowest BCUT2D eigenvalue weighted by Crippen LogP contribution is -2.49. The Morgan fingerprint density at radius 3 is 2.43 bits per heavy atom. The highest BCUT2D eigenvalue weighted by Gasteiger charge is 2.27. The molecule has 2 heterocycles. The molecule has 1 aromatic carbocycles. The molecule has 0 aliphatic carbocycles. The molecule has 1 unspecified atom stereocenters. The third-order valence-electron chi connectivity index (χ3n) is 4.84. The van der Waals surface area contributed by atoms with Crippen molar-refractivity contribution in [2.24, 2.45) is 0 Å². The van der Waals surface area contributed by atoms with Crippen molar-refractivity contribution in [3.63, 3.8) is 0 Å². The van der Waals surface area contributed by atoms with E-state index in [2.05, 4.69) is 41.1 Å². The van der Waals surface area contributed by atoms with E-state index in [1.54, 1.807) is 0 Å². The van der Waals surface area contributed by atoms with E-state index in [1.165, 1.54) is 18.5 Å². The fourth-order valence-corrected chi connectivity index (χ4v) is 3.42. The average molecular weight is 287 g/mol. The second-order valence-corrected chi connectivity index (χ2v) is 6.18. The SMILES string of the molecule is CN1CCCC1CC(=O)N1CCN(c2ccccc2)CC1. The number of nitrogens with zero attached hydrogens (tertiary/aromatic N) is 3. The highest BCUT2D eigenvalue weighted by Crippen LogP contribution is 2.20. The van der Waals surface area contributed by atoms with Gasteiger partial charge in [0.1, 0.15) is 0 Å². The number of para-hydroxylation sites is 1. The minimum atomic E-state index is 0.335. The molecule has 0 radical (unpaired) electrons. The van der Waals surface area contributed by atoms with Crippen LogP contribution in [0.1, 0.15) is 19.3 Å². The maximum atomic E-state index is 12.4. The van der Waals surface area contributed by atoms with E-state index in [0.717, 1.165) is 32.7 Å². The first-order valence-corrected chi connectivity index (χ1v) is 8.02. The molecule has 4 heteroatoms. The molecule has 114 valence electrons. The van der Waals surface area contributed by atoms with Crippen LogP contribution in [-0.4, -0.2) is 61.5 Å². The Labute approximate surface area is 127 Å². The third kappa shape index (κ3) is 3.38. The van der Waals surface area contributed by atoms with Crippen LogP contribution < -0.4 is 4.90 Å². The Bertz CT molecular complexity index is 468. The number of carbonyl (C=O) groups excluding carboxylic acids is 1. The monoisotopic (exact) mass is 287 g/mol. The summed E-state index contributed by atoms with van der Waals surface area (Å²) in [7, 11) is 2.14. The number of benzene rings is 1.